The molecule has 0 saturated carbocycles. The van der Waals surface area contributed by atoms with Crippen LogP contribution in [0.15, 0.2) is 18.2 Å². The second-order valence-electron chi connectivity index (χ2n) is 5.31. The molecule has 1 unspecified atom stereocenters. The molecule has 0 spiro atoms. The molecule has 1 aliphatic rings. The lowest BCUT2D eigenvalue weighted by atomic mass is 10.0. The predicted octanol–water partition coefficient (Wildman–Crippen LogP) is 3.21. The monoisotopic (exact) mass is 340 g/mol. The molecule has 3 nitrogen and oxygen atoms in total. The standard InChI is InChI=1S/C14H14F6N2O/c15-13(16,17)9-4-8(5-10(6-9)14(18,19)20)12(23)22-11-2-1-3-21-7-11/h4-6,11,21H,1-3,7H2,(H,22,23). The van der Waals surface area contributed by atoms with Crippen molar-refractivity contribution in [1.29, 1.82) is 0 Å². The van der Waals surface area contributed by atoms with E-state index in [1.54, 1.807) is 0 Å². The lowest BCUT2D eigenvalue weighted by Crippen LogP contribution is -2.45. The molecule has 2 N–H and O–H groups in total. The van der Waals surface area contributed by atoms with Crippen LogP contribution in [0.2, 0.25) is 0 Å². The first-order valence-corrected chi connectivity index (χ1v) is 6.88. The predicted molar refractivity (Wildman–Crippen MR) is 69.8 cm³/mol. The van der Waals surface area contributed by atoms with Crippen molar-refractivity contribution in [2.45, 2.75) is 31.2 Å². The number of alkyl halides is 6. The average molecular weight is 340 g/mol. The Balaban J connectivity index is 2.30. The van der Waals surface area contributed by atoms with Crippen LogP contribution in [0, 0.1) is 0 Å². The fourth-order valence-corrected chi connectivity index (χ4v) is 2.33. The maximum absolute atomic E-state index is 12.7. The molecule has 23 heavy (non-hydrogen) atoms. The molecule has 1 saturated heterocycles. The normalized spacial score (nSPS) is 19.5. The number of benzene rings is 1. The van der Waals surface area contributed by atoms with E-state index in [4.69, 9.17) is 0 Å². The molecule has 128 valence electrons. The largest absolute Gasteiger partial charge is 0.416 e. The summed E-state index contributed by atoms with van der Waals surface area (Å²) in [5.41, 5.74) is -3.66. The minimum atomic E-state index is -4.97. The van der Waals surface area contributed by atoms with Gasteiger partial charge >= 0.3 is 12.4 Å². The van der Waals surface area contributed by atoms with E-state index in [9.17, 15) is 31.1 Å². The number of carbonyl (C=O) groups is 1. The van der Waals surface area contributed by atoms with Crippen molar-refractivity contribution in [3.63, 3.8) is 0 Å². The Morgan fingerprint density at radius 1 is 1.04 bits per heavy atom. The lowest BCUT2D eigenvalue weighted by Gasteiger charge is -2.24. The van der Waals surface area contributed by atoms with Crippen LogP contribution < -0.4 is 10.6 Å². The molecule has 0 radical (unpaired) electrons. The van der Waals surface area contributed by atoms with Gasteiger partial charge in [0, 0.05) is 18.2 Å². The maximum Gasteiger partial charge on any atom is 0.416 e. The van der Waals surface area contributed by atoms with E-state index in [-0.39, 0.29) is 12.1 Å². The smallest absolute Gasteiger partial charge is 0.348 e. The van der Waals surface area contributed by atoms with Crippen molar-refractivity contribution in [3.05, 3.63) is 34.9 Å². The van der Waals surface area contributed by atoms with Crippen LogP contribution in [-0.2, 0) is 12.4 Å². The van der Waals surface area contributed by atoms with E-state index in [2.05, 4.69) is 10.6 Å². The van der Waals surface area contributed by atoms with Gasteiger partial charge in [-0.1, -0.05) is 0 Å². The fourth-order valence-electron chi connectivity index (χ4n) is 2.33. The molecular weight excluding hydrogens is 326 g/mol. The SMILES string of the molecule is O=C(NC1CCCNC1)c1cc(C(F)(F)F)cc(C(F)(F)F)c1. The molecule has 0 aliphatic carbocycles. The minimum Gasteiger partial charge on any atom is -0.348 e. The van der Waals surface area contributed by atoms with Crippen LogP contribution >= 0.6 is 0 Å². The zero-order valence-corrected chi connectivity index (χ0v) is 11.8. The van der Waals surface area contributed by atoms with Gasteiger partial charge in [0.1, 0.15) is 0 Å². The average Bonchev–Trinajstić information content (AvgIpc) is 2.46. The summed E-state index contributed by atoms with van der Waals surface area (Å²) in [7, 11) is 0. The first-order chi connectivity index (χ1) is 10.6. The topological polar surface area (TPSA) is 41.1 Å². The molecule has 1 aromatic carbocycles. The van der Waals surface area contributed by atoms with E-state index >= 15 is 0 Å². The number of rotatable bonds is 2. The number of piperidine rings is 1. The number of hydrogen-bond acceptors (Lipinski definition) is 2. The summed E-state index contributed by atoms with van der Waals surface area (Å²) in [4.78, 5) is 12.0. The van der Waals surface area contributed by atoms with Crippen LogP contribution in [-0.4, -0.2) is 25.0 Å². The molecular formula is C14H14F6N2O. The zero-order chi connectivity index (χ0) is 17.3. The summed E-state index contributed by atoms with van der Waals surface area (Å²) in [6.45, 7) is 1.19. The number of hydrogen-bond donors (Lipinski definition) is 2. The molecule has 0 bridgehead atoms. The van der Waals surface area contributed by atoms with E-state index in [1.165, 1.54) is 0 Å². The zero-order valence-electron chi connectivity index (χ0n) is 11.8. The Kier molecular flexibility index (Phi) is 4.88. The summed E-state index contributed by atoms with van der Waals surface area (Å²) in [6.07, 6.45) is -8.56. The third kappa shape index (κ3) is 4.60. The fraction of sp³-hybridized carbons (Fsp3) is 0.500. The van der Waals surface area contributed by atoms with E-state index in [0.717, 1.165) is 13.0 Å². The van der Waals surface area contributed by atoms with Gasteiger partial charge in [-0.25, -0.2) is 0 Å². The number of halogens is 6. The van der Waals surface area contributed by atoms with Gasteiger partial charge < -0.3 is 10.6 Å². The van der Waals surface area contributed by atoms with Crippen LogP contribution in [0.4, 0.5) is 26.3 Å². The Labute approximate surface area is 128 Å². The summed E-state index contributed by atoms with van der Waals surface area (Å²) < 4.78 is 76.5. The van der Waals surface area contributed by atoms with E-state index in [1.807, 2.05) is 0 Å². The quantitative estimate of drug-likeness (QED) is 0.812. The van der Waals surface area contributed by atoms with Gasteiger partial charge in [0.05, 0.1) is 11.1 Å². The Morgan fingerprint density at radius 3 is 2.04 bits per heavy atom. The van der Waals surface area contributed by atoms with Crippen molar-refractivity contribution in [2.24, 2.45) is 0 Å². The van der Waals surface area contributed by atoms with Gasteiger partial charge in [0.25, 0.3) is 5.91 Å². The van der Waals surface area contributed by atoms with Crippen molar-refractivity contribution in [2.75, 3.05) is 13.1 Å². The molecule has 1 amide bonds. The Bertz CT molecular complexity index is 543. The van der Waals surface area contributed by atoms with Gasteiger partial charge in [-0.3, -0.25) is 4.79 Å². The summed E-state index contributed by atoms with van der Waals surface area (Å²) >= 11 is 0. The Morgan fingerprint density at radius 2 is 1.61 bits per heavy atom. The highest BCUT2D eigenvalue weighted by Crippen LogP contribution is 2.36. The van der Waals surface area contributed by atoms with E-state index in [0.29, 0.717) is 25.1 Å². The summed E-state index contributed by atoms with van der Waals surface area (Å²) in [5.74, 6) is -0.949. The van der Waals surface area contributed by atoms with Gasteiger partial charge in [0.2, 0.25) is 0 Å². The molecule has 0 aromatic heterocycles. The highest BCUT2D eigenvalue weighted by Gasteiger charge is 2.37. The van der Waals surface area contributed by atoms with E-state index < -0.39 is 35.0 Å². The van der Waals surface area contributed by atoms with Gasteiger partial charge in [0.15, 0.2) is 0 Å². The highest BCUT2D eigenvalue weighted by atomic mass is 19.4. The molecule has 1 heterocycles. The Hall–Kier alpha value is -1.77. The van der Waals surface area contributed by atoms with Crippen molar-refractivity contribution < 1.29 is 31.1 Å². The van der Waals surface area contributed by atoms with Crippen LogP contribution in [0.25, 0.3) is 0 Å². The van der Waals surface area contributed by atoms with Crippen molar-refractivity contribution >= 4 is 5.91 Å². The minimum absolute atomic E-state index is 0.00105. The number of amides is 1. The highest BCUT2D eigenvalue weighted by molar-refractivity contribution is 5.94. The third-order valence-electron chi connectivity index (χ3n) is 3.48. The summed E-state index contributed by atoms with van der Waals surface area (Å²) in [6, 6.07) is 0.542. The molecule has 1 aliphatic heterocycles. The molecule has 1 fully saturated rings. The van der Waals surface area contributed by atoms with Gasteiger partial charge in [-0.15, -0.1) is 0 Å². The maximum atomic E-state index is 12.7. The molecule has 1 aromatic rings. The van der Waals surface area contributed by atoms with Crippen LogP contribution in [0.5, 0.6) is 0 Å². The lowest BCUT2D eigenvalue weighted by molar-refractivity contribution is -0.143. The number of nitrogens with one attached hydrogen (secondary N) is 2. The van der Waals surface area contributed by atoms with Crippen LogP contribution in [0.3, 0.4) is 0 Å². The third-order valence-corrected chi connectivity index (χ3v) is 3.48. The molecule has 9 heteroatoms. The number of carbonyl (C=O) groups excluding carboxylic acids is 1. The molecule has 2 rings (SSSR count). The van der Waals surface area contributed by atoms with Gasteiger partial charge in [-0.2, -0.15) is 26.3 Å². The van der Waals surface area contributed by atoms with Gasteiger partial charge in [-0.05, 0) is 37.6 Å². The first kappa shape index (κ1) is 17.6. The van der Waals surface area contributed by atoms with Crippen molar-refractivity contribution in [3.8, 4) is 0 Å². The summed E-state index contributed by atoms with van der Waals surface area (Å²) in [5, 5.41) is 5.44. The van der Waals surface area contributed by atoms with Crippen LogP contribution in [0.1, 0.15) is 34.3 Å². The second kappa shape index (κ2) is 6.38. The van der Waals surface area contributed by atoms with Crippen molar-refractivity contribution in [1.82, 2.24) is 10.6 Å². The second-order valence-corrected chi connectivity index (χ2v) is 5.31. The first-order valence-electron chi connectivity index (χ1n) is 6.88. The molecule has 1 atom stereocenters.